The predicted octanol–water partition coefficient (Wildman–Crippen LogP) is 2.81. The molecule has 0 spiro atoms. The predicted molar refractivity (Wildman–Crippen MR) is 114 cm³/mol. The van der Waals surface area contributed by atoms with Crippen LogP contribution in [0, 0.1) is 0 Å². The van der Waals surface area contributed by atoms with Gasteiger partial charge in [0.25, 0.3) is 5.91 Å². The number of nitrogens with two attached hydrogens (primary N) is 1. The number of unbranched alkanes of at least 4 members (excludes halogenated alkanes) is 1. The Morgan fingerprint density at radius 1 is 1.33 bits per heavy atom. The maximum Gasteiger partial charge on any atom is 0.256 e. The Bertz CT molecular complexity index is 763. The average molecular weight is 387 g/mol. The molecule has 0 aliphatic carbocycles. The van der Waals surface area contributed by atoms with Crippen LogP contribution in [0.5, 0.6) is 0 Å². The highest BCUT2D eigenvalue weighted by Gasteiger charge is 2.30. The van der Waals surface area contributed by atoms with Crippen molar-refractivity contribution in [3.05, 3.63) is 42.1 Å². The molecular formula is C21H30N4OS. The Morgan fingerprint density at radius 3 is 2.93 bits per heavy atom. The lowest BCUT2D eigenvalue weighted by atomic mass is 10.0. The molecule has 27 heavy (non-hydrogen) atoms. The topological polar surface area (TPSA) is 62.5 Å². The molecule has 2 atom stereocenters. The van der Waals surface area contributed by atoms with Crippen molar-refractivity contribution in [2.75, 3.05) is 31.9 Å². The molecule has 1 saturated heterocycles. The molecule has 1 aromatic heterocycles. The lowest BCUT2D eigenvalue weighted by Crippen LogP contribution is -2.57. The van der Waals surface area contributed by atoms with Gasteiger partial charge in [-0.25, -0.2) is 0 Å². The first-order valence-corrected chi connectivity index (χ1v) is 10.5. The summed E-state index contributed by atoms with van der Waals surface area (Å²) in [7, 11) is 0. The van der Waals surface area contributed by atoms with Crippen LogP contribution in [0.2, 0.25) is 0 Å². The fourth-order valence-electron chi connectivity index (χ4n) is 3.84. The van der Waals surface area contributed by atoms with E-state index in [9.17, 15) is 4.79 Å². The summed E-state index contributed by atoms with van der Waals surface area (Å²) in [6.07, 6.45) is 5.16. The van der Waals surface area contributed by atoms with Gasteiger partial charge >= 0.3 is 0 Å². The standard InChI is InChI=1S/C21H30N4OS/c1-2-3-8-18-14-25(12-11-24(18)13-17(22)15-27)21(26)19-9-4-6-16-7-5-10-23-20(16)19/h4-7,9-10,17-18,27H,2-3,8,11-15,22H2,1H3/t17-,18+/m1/s1. The summed E-state index contributed by atoms with van der Waals surface area (Å²) in [6.45, 7) is 5.39. The van der Waals surface area contributed by atoms with E-state index in [0.717, 1.165) is 56.3 Å². The van der Waals surface area contributed by atoms with E-state index in [1.54, 1.807) is 6.20 Å². The number of fused-ring (bicyclic) bond motifs is 1. The number of thiol groups is 1. The number of piperazine rings is 1. The number of aromatic nitrogens is 1. The summed E-state index contributed by atoms with van der Waals surface area (Å²) >= 11 is 4.32. The van der Waals surface area contributed by atoms with Crippen molar-refractivity contribution in [1.29, 1.82) is 0 Å². The first-order valence-electron chi connectivity index (χ1n) is 9.87. The summed E-state index contributed by atoms with van der Waals surface area (Å²) in [6, 6.07) is 10.2. The van der Waals surface area contributed by atoms with Gasteiger partial charge in [-0.1, -0.05) is 38.0 Å². The molecule has 2 heterocycles. The molecule has 0 saturated carbocycles. The van der Waals surface area contributed by atoms with E-state index < -0.39 is 0 Å². The Morgan fingerprint density at radius 2 is 2.15 bits per heavy atom. The third kappa shape index (κ3) is 4.81. The summed E-state index contributed by atoms with van der Waals surface area (Å²) in [5.41, 5.74) is 7.62. The molecular weight excluding hydrogens is 356 g/mol. The normalized spacial score (nSPS) is 19.4. The van der Waals surface area contributed by atoms with Crippen LogP contribution < -0.4 is 5.73 Å². The first kappa shape index (κ1) is 20.1. The molecule has 6 heteroatoms. The molecule has 3 rings (SSSR count). The molecule has 2 aromatic rings. The Balaban J connectivity index is 1.77. The summed E-state index contributed by atoms with van der Waals surface area (Å²) in [4.78, 5) is 22.1. The lowest BCUT2D eigenvalue weighted by molar-refractivity contribution is 0.0450. The lowest BCUT2D eigenvalue weighted by Gasteiger charge is -2.42. The number of hydrogen-bond acceptors (Lipinski definition) is 5. The largest absolute Gasteiger partial charge is 0.336 e. The van der Waals surface area contributed by atoms with Gasteiger partial charge in [-0.15, -0.1) is 0 Å². The summed E-state index contributed by atoms with van der Waals surface area (Å²) in [5.74, 6) is 0.764. The van der Waals surface area contributed by atoms with Crippen LogP contribution in [0.4, 0.5) is 0 Å². The molecule has 0 unspecified atom stereocenters. The zero-order valence-corrected chi connectivity index (χ0v) is 16.9. The number of para-hydroxylation sites is 1. The third-order valence-electron chi connectivity index (χ3n) is 5.35. The minimum atomic E-state index is 0.0713. The zero-order valence-electron chi connectivity index (χ0n) is 16.1. The van der Waals surface area contributed by atoms with Crippen molar-refractivity contribution in [1.82, 2.24) is 14.8 Å². The number of carbonyl (C=O) groups excluding carboxylic acids is 1. The van der Waals surface area contributed by atoms with Crippen LogP contribution in [0.15, 0.2) is 36.5 Å². The number of carbonyl (C=O) groups is 1. The second-order valence-electron chi connectivity index (χ2n) is 7.37. The summed E-state index contributed by atoms with van der Waals surface area (Å²) < 4.78 is 0. The smallest absolute Gasteiger partial charge is 0.256 e. The number of amides is 1. The van der Waals surface area contributed by atoms with E-state index in [1.807, 2.05) is 35.2 Å². The maximum absolute atomic E-state index is 13.2. The monoisotopic (exact) mass is 386 g/mol. The van der Waals surface area contributed by atoms with Crippen LogP contribution in [0.25, 0.3) is 10.9 Å². The van der Waals surface area contributed by atoms with Crippen molar-refractivity contribution in [2.45, 2.75) is 38.3 Å². The van der Waals surface area contributed by atoms with Crippen LogP contribution in [0.1, 0.15) is 36.5 Å². The van der Waals surface area contributed by atoms with Gasteiger partial charge in [-0.2, -0.15) is 12.6 Å². The molecule has 0 bridgehead atoms. The first-order chi connectivity index (χ1) is 13.1. The van der Waals surface area contributed by atoms with Crippen LogP contribution >= 0.6 is 12.6 Å². The molecule has 2 N–H and O–H groups in total. The van der Waals surface area contributed by atoms with Crippen LogP contribution in [-0.2, 0) is 0 Å². The van der Waals surface area contributed by atoms with Gasteiger partial charge in [0.1, 0.15) is 0 Å². The second-order valence-corrected chi connectivity index (χ2v) is 7.73. The van der Waals surface area contributed by atoms with Gasteiger partial charge in [0.15, 0.2) is 0 Å². The molecule has 1 aromatic carbocycles. The second kappa shape index (κ2) is 9.53. The highest BCUT2D eigenvalue weighted by Crippen LogP contribution is 2.21. The molecule has 1 amide bonds. The third-order valence-corrected chi connectivity index (χ3v) is 5.82. The highest BCUT2D eigenvalue weighted by molar-refractivity contribution is 7.80. The molecule has 5 nitrogen and oxygen atoms in total. The highest BCUT2D eigenvalue weighted by atomic mass is 32.1. The van der Waals surface area contributed by atoms with E-state index in [0.29, 0.717) is 17.4 Å². The fourth-order valence-corrected chi connectivity index (χ4v) is 3.95. The molecule has 0 radical (unpaired) electrons. The van der Waals surface area contributed by atoms with Crippen molar-refractivity contribution in [3.63, 3.8) is 0 Å². The zero-order chi connectivity index (χ0) is 19.2. The maximum atomic E-state index is 13.2. The van der Waals surface area contributed by atoms with Crippen molar-refractivity contribution in [3.8, 4) is 0 Å². The number of benzene rings is 1. The van der Waals surface area contributed by atoms with Crippen molar-refractivity contribution in [2.24, 2.45) is 5.73 Å². The molecule has 1 aliphatic rings. The molecule has 1 fully saturated rings. The van der Waals surface area contributed by atoms with Crippen LogP contribution in [0.3, 0.4) is 0 Å². The Kier molecular flexibility index (Phi) is 7.10. The van der Waals surface area contributed by atoms with E-state index in [-0.39, 0.29) is 11.9 Å². The van der Waals surface area contributed by atoms with Gasteiger partial charge in [0, 0.05) is 55.6 Å². The van der Waals surface area contributed by atoms with E-state index in [1.165, 1.54) is 0 Å². The van der Waals surface area contributed by atoms with Gasteiger partial charge < -0.3 is 10.6 Å². The minimum absolute atomic E-state index is 0.0713. The fraction of sp³-hybridized carbons (Fsp3) is 0.524. The minimum Gasteiger partial charge on any atom is -0.336 e. The van der Waals surface area contributed by atoms with Gasteiger partial charge in [0.05, 0.1) is 11.1 Å². The van der Waals surface area contributed by atoms with Crippen molar-refractivity contribution < 1.29 is 4.79 Å². The van der Waals surface area contributed by atoms with E-state index in [2.05, 4.69) is 29.4 Å². The van der Waals surface area contributed by atoms with Crippen molar-refractivity contribution >= 4 is 29.4 Å². The number of nitrogens with zero attached hydrogens (tertiary/aromatic N) is 3. The van der Waals surface area contributed by atoms with Gasteiger partial charge in [-0.05, 0) is 18.6 Å². The number of hydrogen-bond donors (Lipinski definition) is 2. The SMILES string of the molecule is CCCC[C@H]1CN(C(=O)c2cccc3cccnc23)CCN1C[C@@H](N)CS. The Labute approximate surface area is 167 Å². The summed E-state index contributed by atoms with van der Waals surface area (Å²) in [5, 5.41) is 1.00. The number of rotatable bonds is 7. The van der Waals surface area contributed by atoms with E-state index >= 15 is 0 Å². The van der Waals surface area contributed by atoms with E-state index in [4.69, 9.17) is 5.73 Å². The molecule has 146 valence electrons. The Hall–Kier alpha value is -1.63. The van der Waals surface area contributed by atoms with Crippen LogP contribution in [-0.4, -0.2) is 64.7 Å². The van der Waals surface area contributed by atoms with Gasteiger partial charge in [-0.3, -0.25) is 14.7 Å². The quantitative estimate of drug-likeness (QED) is 0.719. The number of pyridine rings is 1. The molecule has 1 aliphatic heterocycles. The average Bonchev–Trinajstić information content (AvgIpc) is 2.71. The van der Waals surface area contributed by atoms with Gasteiger partial charge in [0.2, 0.25) is 0 Å².